The van der Waals surface area contributed by atoms with E-state index in [2.05, 4.69) is 23.7 Å². The summed E-state index contributed by atoms with van der Waals surface area (Å²) in [7, 11) is 0. The van der Waals surface area contributed by atoms with Gasteiger partial charge in [-0.1, -0.05) is 30.3 Å². The van der Waals surface area contributed by atoms with Crippen LogP contribution in [0.15, 0.2) is 54.6 Å². The van der Waals surface area contributed by atoms with Crippen molar-refractivity contribution in [2.24, 2.45) is 5.92 Å². The van der Waals surface area contributed by atoms with E-state index in [1.807, 2.05) is 47.4 Å². The molecule has 3 aromatic rings. The Kier molecular flexibility index (Phi) is 6.18. The predicted molar refractivity (Wildman–Crippen MR) is 119 cm³/mol. The molecule has 0 saturated carbocycles. The Hall–Kier alpha value is -2.66. The normalized spacial score (nSPS) is 15.7. The third-order valence-electron chi connectivity index (χ3n) is 6.13. The number of likely N-dealkylation sites (tertiary alicyclic amines) is 1. The number of carbonyl (C=O) groups is 1. The molecule has 1 N–H and O–H groups in total. The number of amides is 1. The molecule has 1 amide bonds. The van der Waals surface area contributed by atoms with Crippen molar-refractivity contribution in [2.45, 2.75) is 39.3 Å². The first kappa shape index (κ1) is 20.6. The molecule has 30 heavy (non-hydrogen) atoms. The summed E-state index contributed by atoms with van der Waals surface area (Å²) in [4.78, 5) is 20.9. The van der Waals surface area contributed by atoms with Gasteiger partial charge in [0.1, 0.15) is 11.5 Å². The molecule has 1 saturated heterocycles. The van der Waals surface area contributed by atoms with Gasteiger partial charge < -0.3 is 9.88 Å². The van der Waals surface area contributed by atoms with Gasteiger partial charge in [0.05, 0.1) is 0 Å². The van der Waals surface area contributed by atoms with Gasteiger partial charge in [0, 0.05) is 30.0 Å². The molecule has 0 bridgehead atoms. The summed E-state index contributed by atoms with van der Waals surface area (Å²) in [6.07, 6.45) is 2.15. The molecule has 1 fully saturated rings. The molecule has 1 aromatic heterocycles. The number of halogens is 1. The van der Waals surface area contributed by atoms with Gasteiger partial charge in [0.25, 0.3) is 5.91 Å². The van der Waals surface area contributed by atoms with Crippen LogP contribution in [-0.4, -0.2) is 46.4 Å². The van der Waals surface area contributed by atoms with Crippen LogP contribution < -0.4 is 0 Å². The second-order valence-electron chi connectivity index (χ2n) is 8.67. The van der Waals surface area contributed by atoms with Crippen LogP contribution in [0.25, 0.3) is 10.9 Å². The Bertz CT molecular complexity index is 954. The number of benzene rings is 2. The maximum atomic E-state index is 13.2. The summed E-state index contributed by atoms with van der Waals surface area (Å²) < 4.78 is 13.1. The molecule has 4 rings (SSSR count). The second-order valence-corrected chi connectivity index (χ2v) is 8.67. The zero-order valence-electron chi connectivity index (χ0n) is 17.8. The van der Waals surface area contributed by atoms with Crippen LogP contribution in [0.4, 0.5) is 4.39 Å². The van der Waals surface area contributed by atoms with Crippen LogP contribution in [0.3, 0.4) is 0 Å². The first-order valence-corrected chi connectivity index (χ1v) is 10.8. The number of nitrogens with one attached hydrogen (secondary N) is 1. The maximum absolute atomic E-state index is 13.2. The van der Waals surface area contributed by atoms with E-state index in [1.54, 1.807) is 0 Å². The lowest BCUT2D eigenvalue weighted by atomic mass is 9.95. The van der Waals surface area contributed by atoms with Crippen molar-refractivity contribution in [1.29, 1.82) is 0 Å². The van der Waals surface area contributed by atoms with Crippen LogP contribution >= 0.6 is 0 Å². The van der Waals surface area contributed by atoms with Gasteiger partial charge in [0.15, 0.2) is 0 Å². The van der Waals surface area contributed by atoms with E-state index in [9.17, 15) is 9.18 Å². The van der Waals surface area contributed by atoms with E-state index in [1.165, 1.54) is 12.1 Å². The van der Waals surface area contributed by atoms with Gasteiger partial charge in [-0.05, 0) is 75.5 Å². The lowest BCUT2D eigenvalue weighted by Gasteiger charge is -2.36. The topological polar surface area (TPSA) is 39.3 Å². The lowest BCUT2D eigenvalue weighted by molar-refractivity contribution is 0.0620. The van der Waals surface area contributed by atoms with Crippen LogP contribution in [0.1, 0.15) is 42.7 Å². The Morgan fingerprint density at radius 3 is 2.50 bits per heavy atom. The van der Waals surface area contributed by atoms with Crippen molar-refractivity contribution in [3.8, 4) is 0 Å². The number of carbonyl (C=O) groups excluding carboxylic acids is 1. The molecule has 0 spiro atoms. The van der Waals surface area contributed by atoms with Gasteiger partial charge in [-0.25, -0.2) is 4.39 Å². The molecule has 4 nitrogen and oxygen atoms in total. The SMILES string of the molecule is CC(C)N(CC1CCN(Cc2ccc(F)cc2)CC1)C(=O)c1cc2ccccc2[nH]1. The highest BCUT2D eigenvalue weighted by Crippen LogP contribution is 2.23. The predicted octanol–water partition coefficient (Wildman–Crippen LogP) is 5.07. The number of piperidine rings is 1. The molecule has 2 aromatic carbocycles. The molecule has 0 unspecified atom stereocenters. The number of hydrogen-bond donors (Lipinski definition) is 1. The molecule has 1 aliphatic rings. The highest BCUT2D eigenvalue weighted by Gasteiger charge is 2.26. The average molecular weight is 408 g/mol. The Morgan fingerprint density at radius 1 is 1.13 bits per heavy atom. The van der Waals surface area contributed by atoms with Crippen molar-refractivity contribution in [2.75, 3.05) is 19.6 Å². The molecular formula is C25H30FN3O. The van der Waals surface area contributed by atoms with E-state index >= 15 is 0 Å². The highest BCUT2D eigenvalue weighted by molar-refractivity contribution is 5.98. The van der Waals surface area contributed by atoms with Crippen LogP contribution in [0, 0.1) is 11.7 Å². The molecule has 1 aliphatic heterocycles. The number of hydrogen-bond acceptors (Lipinski definition) is 2. The van der Waals surface area contributed by atoms with E-state index in [4.69, 9.17) is 0 Å². The average Bonchev–Trinajstić information content (AvgIpc) is 3.18. The number of aromatic amines is 1. The molecule has 0 aliphatic carbocycles. The Balaban J connectivity index is 1.35. The summed E-state index contributed by atoms with van der Waals surface area (Å²) in [5.74, 6) is 0.394. The van der Waals surface area contributed by atoms with Crippen molar-refractivity contribution < 1.29 is 9.18 Å². The van der Waals surface area contributed by atoms with Crippen LogP contribution in [0.2, 0.25) is 0 Å². The minimum Gasteiger partial charge on any atom is -0.351 e. The van der Waals surface area contributed by atoms with Crippen molar-refractivity contribution in [1.82, 2.24) is 14.8 Å². The third-order valence-corrected chi connectivity index (χ3v) is 6.13. The zero-order chi connectivity index (χ0) is 21.1. The molecular weight excluding hydrogens is 377 g/mol. The van der Waals surface area contributed by atoms with E-state index in [-0.39, 0.29) is 17.8 Å². The third kappa shape index (κ3) is 4.73. The zero-order valence-corrected chi connectivity index (χ0v) is 17.8. The smallest absolute Gasteiger partial charge is 0.270 e. The highest BCUT2D eigenvalue weighted by atomic mass is 19.1. The number of fused-ring (bicyclic) bond motifs is 1. The van der Waals surface area contributed by atoms with Crippen molar-refractivity contribution >= 4 is 16.8 Å². The molecule has 2 heterocycles. The van der Waals surface area contributed by atoms with Crippen molar-refractivity contribution in [3.05, 3.63) is 71.7 Å². The van der Waals surface area contributed by atoms with Crippen LogP contribution in [-0.2, 0) is 6.54 Å². The second kappa shape index (κ2) is 9.00. The van der Waals surface area contributed by atoms with Gasteiger partial charge >= 0.3 is 0 Å². The number of aromatic nitrogens is 1. The fourth-order valence-electron chi connectivity index (χ4n) is 4.32. The first-order chi connectivity index (χ1) is 14.5. The molecule has 0 atom stereocenters. The summed E-state index contributed by atoms with van der Waals surface area (Å²) in [6, 6.07) is 16.9. The van der Waals surface area contributed by atoms with Crippen LogP contribution in [0.5, 0.6) is 0 Å². The minimum absolute atomic E-state index is 0.0786. The number of H-pyrrole nitrogens is 1. The summed E-state index contributed by atoms with van der Waals surface area (Å²) in [5, 5.41) is 1.07. The largest absolute Gasteiger partial charge is 0.351 e. The molecule has 5 heteroatoms. The van der Waals surface area contributed by atoms with Gasteiger partial charge in [-0.3, -0.25) is 9.69 Å². The van der Waals surface area contributed by atoms with E-state index < -0.39 is 0 Å². The van der Waals surface area contributed by atoms with Gasteiger partial charge in [-0.2, -0.15) is 0 Å². The Labute approximate surface area is 177 Å². The Morgan fingerprint density at radius 2 is 1.83 bits per heavy atom. The fourth-order valence-corrected chi connectivity index (χ4v) is 4.32. The standard InChI is InChI=1S/C25H30FN3O/c1-18(2)29(25(30)24-15-21-5-3-4-6-23(21)27-24)17-20-11-13-28(14-12-20)16-19-7-9-22(26)10-8-19/h3-10,15,18,20,27H,11-14,16-17H2,1-2H3. The van der Waals surface area contributed by atoms with Gasteiger partial charge in [0.2, 0.25) is 0 Å². The summed E-state index contributed by atoms with van der Waals surface area (Å²) in [6.45, 7) is 7.84. The number of rotatable bonds is 6. The number of nitrogens with zero attached hydrogens (tertiary/aromatic N) is 2. The fraction of sp³-hybridized carbons (Fsp3) is 0.400. The maximum Gasteiger partial charge on any atom is 0.270 e. The van der Waals surface area contributed by atoms with Crippen molar-refractivity contribution in [3.63, 3.8) is 0 Å². The van der Waals surface area contributed by atoms with Gasteiger partial charge in [-0.15, -0.1) is 0 Å². The quantitative estimate of drug-likeness (QED) is 0.620. The monoisotopic (exact) mass is 407 g/mol. The summed E-state index contributed by atoms with van der Waals surface area (Å²) >= 11 is 0. The summed E-state index contributed by atoms with van der Waals surface area (Å²) in [5.41, 5.74) is 2.81. The molecule has 158 valence electrons. The number of para-hydroxylation sites is 1. The van der Waals surface area contributed by atoms with E-state index in [0.717, 1.165) is 55.5 Å². The first-order valence-electron chi connectivity index (χ1n) is 10.8. The lowest BCUT2D eigenvalue weighted by Crippen LogP contribution is -2.43. The minimum atomic E-state index is -0.189. The van der Waals surface area contributed by atoms with E-state index in [0.29, 0.717) is 11.6 Å². The molecule has 0 radical (unpaired) electrons.